The number of ether oxygens (including phenoxy) is 2. The predicted molar refractivity (Wildman–Crippen MR) is 172 cm³/mol. The Bertz CT molecular complexity index is 1960. The molecule has 2 N–H and O–H groups in total. The van der Waals surface area contributed by atoms with E-state index >= 15 is 0 Å². The van der Waals surface area contributed by atoms with Gasteiger partial charge in [0, 0.05) is 52.6 Å². The van der Waals surface area contributed by atoms with Gasteiger partial charge < -0.3 is 29.0 Å². The monoisotopic (exact) mass is 601 g/mol. The van der Waals surface area contributed by atoms with Gasteiger partial charge in [0.25, 0.3) is 0 Å². The first-order valence-corrected chi connectivity index (χ1v) is 17.1. The molecule has 3 atom stereocenters. The number of nitrogens with one attached hydrogen (secondary N) is 1. The van der Waals surface area contributed by atoms with Crippen LogP contribution in [0.1, 0.15) is 55.7 Å². The van der Waals surface area contributed by atoms with Crippen molar-refractivity contribution in [3.63, 3.8) is 0 Å². The fourth-order valence-electron chi connectivity index (χ4n) is 7.80. The Hall–Kier alpha value is -2.69. The normalized spacial score (nSPS) is 24.5. The van der Waals surface area contributed by atoms with Crippen LogP contribution in [-0.4, -0.2) is 44.4 Å². The Kier molecular flexibility index (Phi) is 6.02. The van der Waals surface area contributed by atoms with Gasteiger partial charge in [-0.1, -0.05) is 26.0 Å². The molecule has 9 heteroatoms. The van der Waals surface area contributed by atoms with E-state index in [4.69, 9.17) is 9.47 Å². The highest BCUT2D eigenvalue weighted by molar-refractivity contribution is 7.98. The van der Waals surface area contributed by atoms with E-state index in [0.29, 0.717) is 0 Å². The highest BCUT2D eigenvalue weighted by atomic mass is 32.2. The van der Waals surface area contributed by atoms with Crippen LogP contribution in [-0.2, 0) is 44.6 Å². The molecule has 5 heterocycles. The van der Waals surface area contributed by atoms with Crippen LogP contribution in [0.15, 0.2) is 36.4 Å². The van der Waals surface area contributed by atoms with Crippen molar-refractivity contribution in [3.05, 3.63) is 58.7 Å². The van der Waals surface area contributed by atoms with Gasteiger partial charge in [-0.25, -0.2) is 4.79 Å². The quantitative estimate of drug-likeness (QED) is 0.206. The Morgan fingerprint density at radius 1 is 1.00 bits per heavy atom. The first-order chi connectivity index (χ1) is 20.4. The smallest absolute Gasteiger partial charge is 0.343 e. The van der Waals surface area contributed by atoms with Gasteiger partial charge in [0.1, 0.15) is 6.23 Å². The lowest BCUT2D eigenvalue weighted by molar-refractivity contribution is -0.202. The van der Waals surface area contributed by atoms with Crippen molar-refractivity contribution in [2.24, 2.45) is 0 Å². The van der Waals surface area contributed by atoms with Crippen molar-refractivity contribution in [2.45, 2.75) is 69.3 Å². The molecule has 5 aromatic rings. The summed E-state index contributed by atoms with van der Waals surface area (Å²) in [5.74, 6) is 3.34. The van der Waals surface area contributed by atoms with Gasteiger partial charge >= 0.3 is 5.97 Å². The number of hydrogen-bond acceptors (Lipinski definition) is 7. The van der Waals surface area contributed by atoms with Gasteiger partial charge in [-0.15, -0.1) is 0 Å². The number of hydrogen-bond donors (Lipinski definition) is 2. The van der Waals surface area contributed by atoms with E-state index in [9.17, 15) is 9.90 Å². The largest absolute Gasteiger partial charge is 0.467 e. The van der Waals surface area contributed by atoms with Crippen LogP contribution < -0.4 is 5.32 Å². The summed E-state index contributed by atoms with van der Waals surface area (Å²) in [5.41, 5.74) is 6.14. The third-order valence-electron chi connectivity index (χ3n) is 9.68. The summed E-state index contributed by atoms with van der Waals surface area (Å²) in [4.78, 5) is 13.4. The first-order valence-electron chi connectivity index (χ1n) is 14.8. The Labute approximate surface area is 252 Å². The van der Waals surface area contributed by atoms with E-state index in [1.54, 1.807) is 0 Å². The molecule has 218 valence electrons. The van der Waals surface area contributed by atoms with Crippen LogP contribution >= 0.6 is 23.5 Å². The molecule has 0 amide bonds. The fraction of sp³-hybridized carbons (Fsp3) is 0.424. The van der Waals surface area contributed by atoms with Crippen LogP contribution in [0.5, 0.6) is 0 Å². The van der Waals surface area contributed by atoms with Crippen molar-refractivity contribution < 1.29 is 19.4 Å². The SMILES string of the molecule is CCSCc1ccc2c(c1)c1c3c(c4c5cc(CSCC)ccc5n5c4c1n2C1C[C@](O)(C(=O)OC)[C@]5(C)O1)CNC3. The van der Waals surface area contributed by atoms with Crippen molar-refractivity contribution in [3.8, 4) is 0 Å². The molecular weight excluding hydrogens is 567 g/mol. The molecule has 3 aliphatic rings. The summed E-state index contributed by atoms with van der Waals surface area (Å²) < 4.78 is 16.6. The minimum atomic E-state index is -1.88. The van der Waals surface area contributed by atoms with E-state index in [1.165, 1.54) is 45.5 Å². The number of benzene rings is 3. The third kappa shape index (κ3) is 3.29. The second kappa shape index (κ2) is 9.40. The summed E-state index contributed by atoms with van der Waals surface area (Å²) in [6.45, 7) is 7.81. The van der Waals surface area contributed by atoms with E-state index in [1.807, 2.05) is 30.4 Å². The van der Waals surface area contributed by atoms with Crippen LogP contribution in [0, 0.1) is 0 Å². The number of carbonyl (C=O) groups excluding carboxylic acids is 1. The number of carbonyl (C=O) groups is 1. The zero-order valence-corrected chi connectivity index (χ0v) is 26.0. The molecule has 42 heavy (non-hydrogen) atoms. The molecule has 3 aromatic carbocycles. The molecular formula is C33H35N3O4S2. The van der Waals surface area contributed by atoms with Crippen LogP contribution in [0.2, 0.25) is 0 Å². The number of methoxy groups -OCH3 is 1. The average molecular weight is 602 g/mol. The number of fused-ring (bicyclic) bond motifs is 13. The minimum Gasteiger partial charge on any atom is -0.467 e. The van der Waals surface area contributed by atoms with Gasteiger partial charge in [0.05, 0.1) is 29.2 Å². The standard InChI is InChI=1S/C33H35N3O4S2/c1-5-41-16-18-7-9-24-20(11-18)27-22-14-34-15-23(22)28-21-12-19(17-42-6-2)8-10-25(21)36-30(28)29(27)35(24)26-13-33(38,31(37)39-4)32(36,3)40-26/h7-12,26,34,38H,5-6,13-17H2,1-4H3/t26?,32-,33-/m0/s1. The number of rotatable bonds is 7. The maximum atomic E-state index is 13.4. The van der Waals surface area contributed by atoms with Crippen LogP contribution in [0.4, 0.5) is 0 Å². The predicted octanol–water partition coefficient (Wildman–Crippen LogP) is 6.52. The molecule has 1 unspecified atom stereocenters. The second-order valence-electron chi connectivity index (χ2n) is 11.8. The van der Waals surface area contributed by atoms with E-state index in [2.05, 4.69) is 64.7 Å². The number of aliphatic hydroxyl groups is 1. The lowest BCUT2D eigenvalue weighted by Gasteiger charge is -2.37. The van der Waals surface area contributed by atoms with Crippen molar-refractivity contribution in [1.29, 1.82) is 0 Å². The molecule has 1 saturated heterocycles. The van der Waals surface area contributed by atoms with Gasteiger partial charge in [0.15, 0.2) is 5.72 Å². The summed E-state index contributed by atoms with van der Waals surface area (Å²) in [5, 5.41) is 20.7. The van der Waals surface area contributed by atoms with Crippen LogP contribution in [0.3, 0.4) is 0 Å². The zero-order chi connectivity index (χ0) is 29.0. The van der Waals surface area contributed by atoms with Gasteiger partial charge in [-0.2, -0.15) is 23.5 Å². The molecule has 0 saturated carbocycles. The fourth-order valence-corrected chi connectivity index (χ4v) is 9.04. The number of nitrogens with zero attached hydrogens (tertiary/aromatic N) is 2. The maximum absolute atomic E-state index is 13.4. The molecule has 2 aromatic heterocycles. The lowest BCUT2D eigenvalue weighted by Crippen LogP contribution is -2.56. The highest BCUT2D eigenvalue weighted by Gasteiger charge is 2.65. The molecule has 0 spiro atoms. The van der Waals surface area contributed by atoms with E-state index in [0.717, 1.165) is 63.6 Å². The summed E-state index contributed by atoms with van der Waals surface area (Å²) in [7, 11) is 1.34. The van der Waals surface area contributed by atoms with E-state index < -0.39 is 23.5 Å². The molecule has 2 bridgehead atoms. The zero-order valence-electron chi connectivity index (χ0n) is 24.4. The Morgan fingerprint density at radius 3 is 2.21 bits per heavy atom. The lowest BCUT2D eigenvalue weighted by atomic mass is 9.88. The average Bonchev–Trinajstić information content (AvgIpc) is 3.72. The molecule has 7 nitrogen and oxygen atoms in total. The first kappa shape index (κ1) is 26.9. The topological polar surface area (TPSA) is 77.7 Å². The molecule has 8 rings (SSSR count). The minimum absolute atomic E-state index is 0.101. The van der Waals surface area contributed by atoms with Gasteiger partial charge in [-0.3, -0.25) is 0 Å². The summed E-state index contributed by atoms with van der Waals surface area (Å²) in [6, 6.07) is 13.4. The Balaban J connectivity index is 1.58. The molecule has 0 aliphatic carbocycles. The molecule has 3 aliphatic heterocycles. The second-order valence-corrected chi connectivity index (χ2v) is 14.4. The highest BCUT2D eigenvalue weighted by Crippen LogP contribution is 2.58. The van der Waals surface area contributed by atoms with Gasteiger partial charge in [-0.05, 0) is 64.9 Å². The summed E-state index contributed by atoms with van der Waals surface area (Å²) >= 11 is 3.83. The third-order valence-corrected chi connectivity index (χ3v) is 11.6. The maximum Gasteiger partial charge on any atom is 0.343 e. The Morgan fingerprint density at radius 2 is 1.60 bits per heavy atom. The van der Waals surface area contributed by atoms with Crippen molar-refractivity contribution in [1.82, 2.24) is 14.5 Å². The van der Waals surface area contributed by atoms with Gasteiger partial charge in [0.2, 0.25) is 5.60 Å². The van der Waals surface area contributed by atoms with Crippen molar-refractivity contribution in [2.75, 3.05) is 18.6 Å². The number of aromatic nitrogens is 2. The van der Waals surface area contributed by atoms with E-state index in [-0.39, 0.29) is 6.42 Å². The molecule has 0 radical (unpaired) electrons. The number of esters is 1. The number of thioether (sulfide) groups is 2. The van der Waals surface area contributed by atoms with Crippen LogP contribution in [0.25, 0.3) is 43.6 Å². The molecule has 1 fully saturated rings. The van der Waals surface area contributed by atoms with Crippen molar-refractivity contribution >= 4 is 73.1 Å². The summed E-state index contributed by atoms with van der Waals surface area (Å²) in [6.07, 6.45) is -0.440.